The van der Waals surface area contributed by atoms with Crippen LogP contribution in [0.4, 0.5) is 5.82 Å². The Morgan fingerprint density at radius 1 is 1.27 bits per heavy atom. The quantitative estimate of drug-likeness (QED) is 0.850. The summed E-state index contributed by atoms with van der Waals surface area (Å²) in [6, 6.07) is 4.33. The molecule has 1 saturated heterocycles. The van der Waals surface area contributed by atoms with Crippen molar-refractivity contribution in [3.8, 4) is 0 Å². The molecule has 142 valence electrons. The second kappa shape index (κ2) is 7.92. The van der Waals surface area contributed by atoms with Gasteiger partial charge in [-0.05, 0) is 30.4 Å². The van der Waals surface area contributed by atoms with E-state index in [0.29, 0.717) is 18.4 Å². The average Bonchev–Trinajstić information content (AvgIpc) is 3.20. The molecule has 26 heavy (non-hydrogen) atoms. The van der Waals surface area contributed by atoms with Crippen molar-refractivity contribution in [3.63, 3.8) is 0 Å². The highest BCUT2D eigenvalue weighted by Gasteiger charge is 2.26. The Kier molecular flexibility index (Phi) is 5.41. The normalized spacial score (nSPS) is 24.0. The number of carbonyl (C=O) groups excluding carboxylic acids is 1. The Bertz CT molecular complexity index is 645. The number of aromatic nitrogens is 1. The standard InChI is InChI=1S/C20H30N4O2/c25-14-17-13-23(10-8-21-17)19-6-5-16-12-24(9-7-18(16)22-19)20(26)11-15-3-1-2-4-15/h5-6,15,17,21,25H,1-4,7-14H2. The third kappa shape index (κ3) is 3.86. The molecule has 2 N–H and O–H groups in total. The van der Waals surface area contributed by atoms with Crippen LogP contribution in [0.2, 0.25) is 0 Å². The van der Waals surface area contributed by atoms with Crippen molar-refractivity contribution in [1.82, 2.24) is 15.2 Å². The van der Waals surface area contributed by atoms with E-state index in [9.17, 15) is 9.90 Å². The molecule has 1 amide bonds. The topological polar surface area (TPSA) is 68.7 Å². The van der Waals surface area contributed by atoms with Gasteiger partial charge in [0.05, 0.1) is 6.61 Å². The van der Waals surface area contributed by atoms with Crippen molar-refractivity contribution < 1.29 is 9.90 Å². The Morgan fingerprint density at radius 3 is 2.92 bits per heavy atom. The number of rotatable bonds is 4. The smallest absolute Gasteiger partial charge is 0.223 e. The van der Waals surface area contributed by atoms with Crippen LogP contribution in [0.3, 0.4) is 0 Å². The number of piperazine rings is 1. The lowest BCUT2D eigenvalue weighted by atomic mass is 10.0. The van der Waals surface area contributed by atoms with Crippen LogP contribution in [-0.4, -0.2) is 59.7 Å². The van der Waals surface area contributed by atoms with Crippen molar-refractivity contribution in [2.24, 2.45) is 5.92 Å². The predicted octanol–water partition coefficient (Wildman–Crippen LogP) is 1.32. The summed E-state index contributed by atoms with van der Waals surface area (Å²) < 4.78 is 0. The Labute approximate surface area is 155 Å². The van der Waals surface area contributed by atoms with Crippen molar-refractivity contribution in [2.45, 2.75) is 51.1 Å². The van der Waals surface area contributed by atoms with E-state index in [4.69, 9.17) is 4.98 Å². The highest BCUT2D eigenvalue weighted by molar-refractivity contribution is 5.76. The average molecular weight is 358 g/mol. The number of nitrogens with zero attached hydrogens (tertiary/aromatic N) is 3. The highest BCUT2D eigenvalue weighted by Crippen LogP contribution is 2.29. The van der Waals surface area contributed by atoms with Gasteiger partial charge in [-0.1, -0.05) is 18.9 Å². The molecular formula is C20H30N4O2. The molecule has 1 unspecified atom stereocenters. The zero-order chi connectivity index (χ0) is 17.9. The van der Waals surface area contributed by atoms with Crippen LogP contribution in [0.25, 0.3) is 0 Å². The Balaban J connectivity index is 1.40. The number of hydrogen-bond acceptors (Lipinski definition) is 5. The summed E-state index contributed by atoms with van der Waals surface area (Å²) in [5.74, 6) is 1.92. The lowest BCUT2D eigenvalue weighted by Gasteiger charge is -2.35. The molecule has 6 heteroatoms. The van der Waals surface area contributed by atoms with E-state index in [1.807, 2.05) is 4.90 Å². The summed E-state index contributed by atoms with van der Waals surface area (Å²) in [7, 11) is 0. The molecule has 1 aromatic heterocycles. The first kappa shape index (κ1) is 17.7. The minimum atomic E-state index is 0.116. The van der Waals surface area contributed by atoms with Gasteiger partial charge >= 0.3 is 0 Å². The van der Waals surface area contributed by atoms with Crippen LogP contribution in [0.5, 0.6) is 0 Å². The number of pyridine rings is 1. The van der Waals surface area contributed by atoms with Crippen LogP contribution in [0.15, 0.2) is 12.1 Å². The van der Waals surface area contributed by atoms with E-state index in [-0.39, 0.29) is 12.6 Å². The molecule has 1 atom stereocenters. The van der Waals surface area contributed by atoms with Gasteiger partial charge in [-0.3, -0.25) is 4.79 Å². The fourth-order valence-corrected chi connectivity index (χ4v) is 4.54. The number of fused-ring (bicyclic) bond motifs is 1. The molecule has 0 spiro atoms. The molecule has 6 nitrogen and oxygen atoms in total. The third-order valence-electron chi connectivity index (χ3n) is 6.12. The van der Waals surface area contributed by atoms with E-state index >= 15 is 0 Å². The number of anilines is 1. The maximum atomic E-state index is 12.6. The molecule has 1 saturated carbocycles. The third-order valence-corrected chi connectivity index (χ3v) is 6.12. The first-order valence-corrected chi connectivity index (χ1v) is 10.1. The largest absolute Gasteiger partial charge is 0.395 e. The monoisotopic (exact) mass is 358 g/mol. The molecule has 0 bridgehead atoms. The Morgan fingerprint density at radius 2 is 2.12 bits per heavy atom. The fraction of sp³-hybridized carbons (Fsp3) is 0.700. The second-order valence-corrected chi connectivity index (χ2v) is 7.97. The van der Waals surface area contributed by atoms with E-state index in [1.54, 1.807) is 0 Å². The van der Waals surface area contributed by atoms with Crippen LogP contribution >= 0.6 is 0 Å². The summed E-state index contributed by atoms with van der Waals surface area (Å²) in [6.45, 7) is 4.21. The summed E-state index contributed by atoms with van der Waals surface area (Å²) in [4.78, 5) is 21.8. The van der Waals surface area contributed by atoms with Gasteiger partial charge in [-0.2, -0.15) is 0 Å². The van der Waals surface area contributed by atoms with Gasteiger partial charge in [0.2, 0.25) is 5.91 Å². The summed E-state index contributed by atoms with van der Waals surface area (Å²) >= 11 is 0. The zero-order valence-electron chi connectivity index (χ0n) is 15.5. The van der Waals surface area contributed by atoms with Crippen molar-refractivity contribution in [3.05, 3.63) is 23.4 Å². The Hall–Kier alpha value is -1.66. The van der Waals surface area contributed by atoms with Crippen molar-refractivity contribution in [1.29, 1.82) is 0 Å². The summed E-state index contributed by atoms with van der Waals surface area (Å²) in [5, 5.41) is 12.7. The maximum Gasteiger partial charge on any atom is 0.223 e. The van der Waals surface area contributed by atoms with Crippen LogP contribution < -0.4 is 10.2 Å². The van der Waals surface area contributed by atoms with Gasteiger partial charge in [0.1, 0.15) is 5.82 Å². The van der Waals surface area contributed by atoms with Crippen LogP contribution in [-0.2, 0) is 17.8 Å². The first-order valence-electron chi connectivity index (χ1n) is 10.1. The number of amides is 1. The van der Waals surface area contributed by atoms with Crippen molar-refractivity contribution in [2.75, 3.05) is 37.7 Å². The van der Waals surface area contributed by atoms with E-state index in [2.05, 4.69) is 22.3 Å². The number of carbonyl (C=O) groups is 1. The van der Waals surface area contributed by atoms with E-state index in [1.165, 1.54) is 31.2 Å². The molecule has 2 fully saturated rings. The summed E-state index contributed by atoms with van der Waals surface area (Å²) in [5.41, 5.74) is 2.32. The molecule has 3 aliphatic rings. The predicted molar refractivity (Wildman–Crippen MR) is 101 cm³/mol. The van der Waals surface area contributed by atoms with Gasteiger partial charge < -0.3 is 20.2 Å². The maximum absolute atomic E-state index is 12.6. The number of aliphatic hydroxyl groups excluding tert-OH is 1. The molecule has 1 aliphatic carbocycles. The van der Waals surface area contributed by atoms with E-state index < -0.39 is 0 Å². The SMILES string of the molecule is O=C(CC1CCCC1)N1CCc2nc(N3CCNC(CO)C3)ccc2C1. The minimum Gasteiger partial charge on any atom is -0.395 e. The lowest BCUT2D eigenvalue weighted by molar-refractivity contribution is -0.133. The fourth-order valence-electron chi connectivity index (χ4n) is 4.54. The molecule has 0 radical (unpaired) electrons. The second-order valence-electron chi connectivity index (χ2n) is 7.97. The highest BCUT2D eigenvalue weighted by atomic mass is 16.3. The number of nitrogens with one attached hydrogen (secondary N) is 1. The summed E-state index contributed by atoms with van der Waals surface area (Å²) in [6.07, 6.45) is 6.59. The van der Waals surface area contributed by atoms with Crippen LogP contribution in [0.1, 0.15) is 43.4 Å². The van der Waals surface area contributed by atoms with Gasteiger partial charge in [0.25, 0.3) is 0 Å². The zero-order valence-corrected chi connectivity index (χ0v) is 15.5. The van der Waals surface area contributed by atoms with Gasteiger partial charge in [0.15, 0.2) is 0 Å². The number of hydrogen-bond donors (Lipinski definition) is 2. The van der Waals surface area contributed by atoms with Crippen LogP contribution in [0, 0.1) is 5.92 Å². The van der Waals surface area contributed by atoms with Crippen molar-refractivity contribution >= 4 is 11.7 Å². The molecular weight excluding hydrogens is 328 g/mol. The van der Waals surface area contributed by atoms with Gasteiger partial charge in [0, 0.05) is 57.3 Å². The molecule has 3 heterocycles. The molecule has 1 aromatic rings. The van der Waals surface area contributed by atoms with Gasteiger partial charge in [-0.25, -0.2) is 4.98 Å². The first-order chi connectivity index (χ1) is 12.7. The minimum absolute atomic E-state index is 0.116. The molecule has 4 rings (SSSR count). The van der Waals surface area contributed by atoms with E-state index in [0.717, 1.165) is 50.5 Å². The molecule has 2 aliphatic heterocycles. The lowest BCUT2D eigenvalue weighted by Crippen LogP contribution is -2.52. The number of aliphatic hydroxyl groups is 1. The molecule has 0 aromatic carbocycles. The van der Waals surface area contributed by atoms with Gasteiger partial charge in [-0.15, -0.1) is 0 Å².